The Labute approximate surface area is 161 Å². The molecular formula is C22H30N3O2+. The number of hydrogen-bond acceptors (Lipinski definition) is 3. The van der Waals surface area contributed by atoms with Gasteiger partial charge in [0.05, 0.1) is 14.2 Å². The van der Waals surface area contributed by atoms with Crippen molar-refractivity contribution in [2.75, 3.05) is 44.0 Å². The lowest BCUT2D eigenvalue weighted by Crippen LogP contribution is -3.08. The number of aryl methyl sites for hydroxylation is 1. The van der Waals surface area contributed by atoms with E-state index in [1.165, 1.54) is 24.1 Å². The summed E-state index contributed by atoms with van der Waals surface area (Å²) in [7, 11) is 3.71. The second-order valence-corrected chi connectivity index (χ2v) is 7.42. The van der Waals surface area contributed by atoms with E-state index < -0.39 is 0 Å². The number of ether oxygens (including phenoxy) is 1. The largest absolute Gasteiger partial charge is 0.496 e. The van der Waals surface area contributed by atoms with Crippen LogP contribution in [0.25, 0.3) is 0 Å². The van der Waals surface area contributed by atoms with Crippen LogP contribution in [0.4, 0.5) is 11.4 Å². The summed E-state index contributed by atoms with van der Waals surface area (Å²) in [5, 5.41) is 3.01. The molecule has 3 rings (SSSR count). The standard InChI is InChI=1S/C22H29N3O2/c1-17-6-11-21(27-3)18(14-17)15-24(2)16-22(26)23-19-7-9-20(10-8-19)25-12-4-5-13-25/h6-11,14H,4-5,12-13,15-16H2,1-3H3,(H,23,26)/p+1. The van der Waals surface area contributed by atoms with Gasteiger partial charge in [-0.05, 0) is 56.2 Å². The first-order chi connectivity index (χ1) is 13.0. The van der Waals surface area contributed by atoms with E-state index in [9.17, 15) is 4.79 Å². The van der Waals surface area contributed by atoms with Crippen molar-refractivity contribution in [3.63, 3.8) is 0 Å². The van der Waals surface area contributed by atoms with E-state index in [1.54, 1.807) is 7.11 Å². The molecule has 1 atom stereocenters. The lowest BCUT2D eigenvalue weighted by atomic mass is 10.1. The fourth-order valence-electron chi connectivity index (χ4n) is 3.64. The molecule has 5 heteroatoms. The van der Waals surface area contributed by atoms with Crippen LogP contribution >= 0.6 is 0 Å². The smallest absolute Gasteiger partial charge is 0.279 e. The number of carbonyl (C=O) groups is 1. The number of hydrogen-bond donors (Lipinski definition) is 2. The normalized spacial score (nSPS) is 14.9. The monoisotopic (exact) mass is 368 g/mol. The molecule has 0 radical (unpaired) electrons. The van der Waals surface area contributed by atoms with E-state index in [-0.39, 0.29) is 5.91 Å². The van der Waals surface area contributed by atoms with E-state index in [4.69, 9.17) is 4.74 Å². The summed E-state index contributed by atoms with van der Waals surface area (Å²) in [6.45, 7) is 5.47. The number of likely N-dealkylation sites (N-methyl/N-ethyl adjacent to an activating group) is 1. The lowest BCUT2D eigenvalue weighted by molar-refractivity contribution is -0.885. The first-order valence-corrected chi connectivity index (χ1v) is 9.65. The predicted octanol–water partition coefficient (Wildman–Crippen LogP) is 2.26. The molecule has 2 aromatic carbocycles. The highest BCUT2D eigenvalue weighted by Crippen LogP contribution is 2.22. The number of amides is 1. The highest BCUT2D eigenvalue weighted by Gasteiger charge is 2.15. The van der Waals surface area contributed by atoms with Gasteiger partial charge in [-0.3, -0.25) is 4.79 Å². The molecule has 1 heterocycles. The third-order valence-corrected chi connectivity index (χ3v) is 5.01. The van der Waals surface area contributed by atoms with Gasteiger partial charge in [-0.2, -0.15) is 0 Å². The minimum Gasteiger partial charge on any atom is -0.496 e. The minimum atomic E-state index is 0.0213. The fourth-order valence-corrected chi connectivity index (χ4v) is 3.64. The van der Waals surface area contributed by atoms with Gasteiger partial charge in [-0.15, -0.1) is 0 Å². The Morgan fingerprint density at radius 3 is 2.52 bits per heavy atom. The third-order valence-electron chi connectivity index (χ3n) is 5.01. The van der Waals surface area contributed by atoms with Crippen LogP contribution in [-0.4, -0.2) is 39.7 Å². The maximum Gasteiger partial charge on any atom is 0.279 e. The number of anilines is 2. The molecule has 1 unspecified atom stereocenters. The van der Waals surface area contributed by atoms with Crippen LogP contribution in [0.15, 0.2) is 42.5 Å². The van der Waals surface area contributed by atoms with E-state index in [0.29, 0.717) is 6.54 Å². The quantitative estimate of drug-likeness (QED) is 0.788. The highest BCUT2D eigenvalue weighted by molar-refractivity contribution is 5.91. The van der Waals surface area contributed by atoms with Crippen LogP contribution in [0.1, 0.15) is 24.0 Å². The molecule has 2 N–H and O–H groups in total. The summed E-state index contributed by atoms with van der Waals surface area (Å²) in [5.74, 6) is 0.894. The van der Waals surface area contributed by atoms with Crippen molar-refractivity contribution < 1.29 is 14.4 Å². The maximum atomic E-state index is 12.4. The molecule has 1 amide bonds. The first-order valence-electron chi connectivity index (χ1n) is 9.65. The van der Waals surface area contributed by atoms with Crippen LogP contribution in [0.3, 0.4) is 0 Å². The van der Waals surface area contributed by atoms with Crippen LogP contribution < -0.4 is 19.9 Å². The fraction of sp³-hybridized carbons (Fsp3) is 0.409. The molecule has 0 spiro atoms. The van der Waals surface area contributed by atoms with E-state index in [2.05, 4.69) is 35.3 Å². The molecule has 1 aliphatic rings. The SMILES string of the molecule is COc1ccc(C)cc1C[NH+](C)CC(=O)Nc1ccc(N2CCCC2)cc1. The summed E-state index contributed by atoms with van der Waals surface area (Å²) in [6.07, 6.45) is 2.53. The number of rotatable bonds is 7. The topological polar surface area (TPSA) is 46.0 Å². The Hall–Kier alpha value is -2.53. The van der Waals surface area contributed by atoms with Gasteiger partial charge in [-0.1, -0.05) is 11.6 Å². The number of nitrogens with zero attached hydrogens (tertiary/aromatic N) is 1. The molecule has 0 saturated carbocycles. The second-order valence-electron chi connectivity index (χ2n) is 7.42. The zero-order chi connectivity index (χ0) is 19.2. The van der Waals surface area contributed by atoms with E-state index in [0.717, 1.165) is 41.5 Å². The molecule has 2 aromatic rings. The third kappa shape index (κ3) is 5.23. The van der Waals surface area contributed by atoms with Crippen molar-refractivity contribution in [1.29, 1.82) is 0 Å². The number of benzene rings is 2. The Morgan fingerprint density at radius 1 is 1.15 bits per heavy atom. The summed E-state index contributed by atoms with van der Waals surface area (Å²) in [4.78, 5) is 15.9. The molecule has 5 nitrogen and oxygen atoms in total. The summed E-state index contributed by atoms with van der Waals surface area (Å²) in [6, 6.07) is 14.3. The Kier molecular flexibility index (Phi) is 6.35. The number of nitrogens with one attached hydrogen (secondary N) is 2. The van der Waals surface area contributed by atoms with Gasteiger partial charge in [-0.25, -0.2) is 0 Å². The van der Waals surface area contributed by atoms with Crippen molar-refractivity contribution in [3.8, 4) is 5.75 Å². The number of methoxy groups -OCH3 is 1. The minimum absolute atomic E-state index is 0.0213. The Morgan fingerprint density at radius 2 is 1.85 bits per heavy atom. The van der Waals surface area contributed by atoms with Crippen molar-refractivity contribution in [1.82, 2.24) is 0 Å². The van der Waals surface area contributed by atoms with Gasteiger partial charge >= 0.3 is 0 Å². The molecule has 1 saturated heterocycles. The predicted molar refractivity (Wildman–Crippen MR) is 110 cm³/mol. The summed E-state index contributed by atoms with van der Waals surface area (Å²) >= 11 is 0. The maximum absolute atomic E-state index is 12.4. The van der Waals surface area contributed by atoms with E-state index in [1.807, 2.05) is 31.3 Å². The van der Waals surface area contributed by atoms with Crippen molar-refractivity contribution in [2.24, 2.45) is 0 Å². The molecule has 1 aliphatic heterocycles. The van der Waals surface area contributed by atoms with Crippen LogP contribution in [0.5, 0.6) is 5.75 Å². The number of carbonyl (C=O) groups excluding carboxylic acids is 1. The van der Waals surface area contributed by atoms with Gasteiger partial charge in [0.2, 0.25) is 0 Å². The second kappa shape index (κ2) is 8.91. The van der Waals surface area contributed by atoms with Gasteiger partial charge in [0.1, 0.15) is 12.3 Å². The Bertz CT molecular complexity index is 768. The zero-order valence-corrected chi connectivity index (χ0v) is 16.5. The highest BCUT2D eigenvalue weighted by atomic mass is 16.5. The van der Waals surface area contributed by atoms with Crippen LogP contribution in [0, 0.1) is 6.92 Å². The summed E-state index contributed by atoms with van der Waals surface area (Å²) < 4.78 is 5.44. The van der Waals surface area contributed by atoms with E-state index >= 15 is 0 Å². The lowest BCUT2D eigenvalue weighted by Gasteiger charge is -2.18. The molecule has 0 aliphatic carbocycles. The molecule has 1 fully saturated rings. The first kappa shape index (κ1) is 19.2. The van der Waals surface area contributed by atoms with Crippen LogP contribution in [0.2, 0.25) is 0 Å². The molecule has 0 bridgehead atoms. The average molecular weight is 369 g/mol. The van der Waals surface area contributed by atoms with Gasteiger partial charge in [0, 0.05) is 30.0 Å². The van der Waals surface area contributed by atoms with Crippen molar-refractivity contribution in [3.05, 3.63) is 53.6 Å². The number of quaternary nitrogens is 1. The summed E-state index contributed by atoms with van der Waals surface area (Å²) in [5.41, 5.74) is 4.41. The zero-order valence-electron chi connectivity index (χ0n) is 16.5. The average Bonchev–Trinajstić information content (AvgIpc) is 3.17. The molecule has 0 aromatic heterocycles. The molecule has 27 heavy (non-hydrogen) atoms. The van der Waals surface area contributed by atoms with Gasteiger partial charge in [0.25, 0.3) is 5.91 Å². The van der Waals surface area contributed by atoms with Crippen molar-refractivity contribution in [2.45, 2.75) is 26.3 Å². The van der Waals surface area contributed by atoms with Crippen molar-refractivity contribution >= 4 is 17.3 Å². The Balaban J connectivity index is 1.53. The van der Waals surface area contributed by atoms with Gasteiger partial charge < -0.3 is 19.9 Å². The molecular weight excluding hydrogens is 338 g/mol. The van der Waals surface area contributed by atoms with Gasteiger partial charge in [0.15, 0.2) is 6.54 Å². The van der Waals surface area contributed by atoms with Crippen LogP contribution in [-0.2, 0) is 11.3 Å². The molecule has 144 valence electrons.